The van der Waals surface area contributed by atoms with E-state index in [1.54, 1.807) is 10.8 Å². The summed E-state index contributed by atoms with van der Waals surface area (Å²) in [4.78, 5) is 15.6. The van der Waals surface area contributed by atoms with Crippen LogP contribution in [0.3, 0.4) is 0 Å². The van der Waals surface area contributed by atoms with Crippen molar-refractivity contribution in [3.05, 3.63) is 57.2 Å². The van der Waals surface area contributed by atoms with Gasteiger partial charge in [-0.25, -0.2) is 4.98 Å². The molecule has 0 bridgehead atoms. The van der Waals surface area contributed by atoms with E-state index in [1.807, 2.05) is 12.1 Å². The maximum Gasteiger partial charge on any atom is 0.288 e. The zero-order chi connectivity index (χ0) is 13.4. The van der Waals surface area contributed by atoms with Crippen molar-refractivity contribution in [2.75, 3.05) is 0 Å². The Morgan fingerprint density at radius 3 is 3.21 bits per heavy atom. The lowest BCUT2D eigenvalue weighted by atomic mass is 10.1. The number of fused-ring (bicyclic) bond motifs is 1. The standard InChI is InChI=1S/C14H13ClN2O2/c1-9-2-3-12-10(6-9)7-11(19-12)8-17-5-4-16-13(15)14(17)18/h2-6,11H,7-8H2,1H3. The quantitative estimate of drug-likeness (QED) is 0.845. The van der Waals surface area contributed by atoms with E-state index in [2.05, 4.69) is 18.0 Å². The Morgan fingerprint density at radius 1 is 1.53 bits per heavy atom. The molecule has 0 saturated heterocycles. The molecule has 0 N–H and O–H groups in total. The first-order valence-electron chi connectivity index (χ1n) is 6.10. The minimum atomic E-state index is -0.278. The van der Waals surface area contributed by atoms with Gasteiger partial charge in [0.15, 0.2) is 5.15 Å². The van der Waals surface area contributed by atoms with Crippen molar-refractivity contribution < 1.29 is 4.74 Å². The van der Waals surface area contributed by atoms with Crippen LogP contribution in [0.5, 0.6) is 5.75 Å². The first-order chi connectivity index (χ1) is 9.13. The first kappa shape index (κ1) is 12.2. The molecule has 3 rings (SSSR count). The molecule has 0 spiro atoms. The summed E-state index contributed by atoms with van der Waals surface area (Å²) >= 11 is 5.72. The molecule has 2 aromatic rings. The number of rotatable bonds is 2. The van der Waals surface area contributed by atoms with Crippen LogP contribution < -0.4 is 10.3 Å². The molecule has 1 atom stereocenters. The Bertz CT molecular complexity index is 681. The molecule has 98 valence electrons. The van der Waals surface area contributed by atoms with Gasteiger partial charge in [-0.05, 0) is 18.6 Å². The van der Waals surface area contributed by atoms with Crippen LogP contribution in [0.15, 0.2) is 35.4 Å². The minimum Gasteiger partial charge on any atom is -0.488 e. The number of nitrogens with zero attached hydrogens (tertiary/aromatic N) is 2. The molecule has 1 unspecified atom stereocenters. The number of ether oxygens (including phenoxy) is 1. The summed E-state index contributed by atoms with van der Waals surface area (Å²) < 4.78 is 7.38. The van der Waals surface area contributed by atoms with E-state index in [0.29, 0.717) is 6.54 Å². The average Bonchev–Trinajstić information content (AvgIpc) is 2.76. The number of aromatic nitrogens is 2. The predicted molar refractivity (Wildman–Crippen MR) is 72.8 cm³/mol. The molecular weight excluding hydrogens is 264 g/mol. The van der Waals surface area contributed by atoms with Gasteiger partial charge in [0.2, 0.25) is 0 Å². The van der Waals surface area contributed by atoms with Gasteiger partial charge in [-0.15, -0.1) is 0 Å². The first-order valence-corrected chi connectivity index (χ1v) is 6.48. The molecule has 1 aliphatic rings. The third-order valence-corrected chi connectivity index (χ3v) is 3.49. The highest BCUT2D eigenvalue weighted by Gasteiger charge is 2.23. The van der Waals surface area contributed by atoms with E-state index in [1.165, 1.54) is 17.3 Å². The van der Waals surface area contributed by atoms with Gasteiger partial charge in [0.1, 0.15) is 11.9 Å². The monoisotopic (exact) mass is 276 g/mol. The molecule has 0 fully saturated rings. The Morgan fingerprint density at radius 2 is 2.37 bits per heavy atom. The van der Waals surface area contributed by atoms with Crippen LogP contribution in [0, 0.1) is 6.92 Å². The molecule has 5 heteroatoms. The van der Waals surface area contributed by atoms with Crippen molar-refractivity contribution in [3.63, 3.8) is 0 Å². The van der Waals surface area contributed by atoms with Crippen LogP contribution in [0.4, 0.5) is 0 Å². The van der Waals surface area contributed by atoms with Gasteiger partial charge in [0, 0.05) is 18.8 Å². The summed E-state index contributed by atoms with van der Waals surface area (Å²) in [6.07, 6.45) is 3.93. The lowest BCUT2D eigenvalue weighted by molar-refractivity contribution is 0.207. The molecule has 1 aliphatic heterocycles. The predicted octanol–water partition coefficient (Wildman–Crippen LogP) is 2.21. The topological polar surface area (TPSA) is 44.1 Å². The Hall–Kier alpha value is -1.81. The summed E-state index contributed by atoms with van der Waals surface area (Å²) in [7, 11) is 0. The molecule has 19 heavy (non-hydrogen) atoms. The van der Waals surface area contributed by atoms with E-state index in [0.717, 1.165) is 12.2 Å². The molecule has 0 aliphatic carbocycles. The maximum atomic E-state index is 11.8. The van der Waals surface area contributed by atoms with Crippen LogP contribution in [0.2, 0.25) is 5.15 Å². The zero-order valence-electron chi connectivity index (χ0n) is 10.5. The fourth-order valence-electron chi connectivity index (χ4n) is 2.33. The molecule has 1 aromatic heterocycles. The molecule has 4 nitrogen and oxygen atoms in total. The van der Waals surface area contributed by atoms with Crippen LogP contribution in [-0.4, -0.2) is 15.7 Å². The second-order valence-corrected chi connectivity index (χ2v) is 5.09. The summed E-state index contributed by atoms with van der Waals surface area (Å²) in [6, 6.07) is 6.13. The van der Waals surface area contributed by atoms with Gasteiger partial charge in [-0.1, -0.05) is 29.3 Å². The summed E-state index contributed by atoms with van der Waals surface area (Å²) in [5, 5.41) is -0.00569. The number of hydrogen-bond donors (Lipinski definition) is 0. The average molecular weight is 277 g/mol. The van der Waals surface area contributed by atoms with Crippen molar-refractivity contribution in [2.45, 2.75) is 26.0 Å². The molecule has 1 aromatic carbocycles. The summed E-state index contributed by atoms with van der Waals surface area (Å²) in [5.41, 5.74) is 2.13. The van der Waals surface area contributed by atoms with E-state index in [-0.39, 0.29) is 16.8 Å². The van der Waals surface area contributed by atoms with Gasteiger partial charge >= 0.3 is 0 Å². The van der Waals surface area contributed by atoms with Crippen molar-refractivity contribution in [2.24, 2.45) is 0 Å². The van der Waals surface area contributed by atoms with Crippen molar-refractivity contribution in [1.82, 2.24) is 9.55 Å². The Labute approximate surface area is 115 Å². The highest BCUT2D eigenvalue weighted by Crippen LogP contribution is 2.29. The van der Waals surface area contributed by atoms with Crippen molar-refractivity contribution in [1.29, 1.82) is 0 Å². The molecule has 2 heterocycles. The second-order valence-electron chi connectivity index (χ2n) is 4.73. The number of benzene rings is 1. The van der Waals surface area contributed by atoms with Gasteiger partial charge in [0.05, 0.1) is 6.54 Å². The highest BCUT2D eigenvalue weighted by molar-refractivity contribution is 6.29. The van der Waals surface area contributed by atoms with Gasteiger partial charge < -0.3 is 9.30 Å². The summed E-state index contributed by atoms with van der Waals surface area (Å²) in [6.45, 7) is 2.54. The lowest BCUT2D eigenvalue weighted by Gasteiger charge is -2.12. The zero-order valence-corrected chi connectivity index (χ0v) is 11.2. The van der Waals surface area contributed by atoms with E-state index in [9.17, 15) is 4.79 Å². The largest absolute Gasteiger partial charge is 0.488 e. The summed E-state index contributed by atoms with van der Waals surface area (Å²) in [5.74, 6) is 0.906. The van der Waals surface area contributed by atoms with Crippen LogP contribution in [0.1, 0.15) is 11.1 Å². The van der Waals surface area contributed by atoms with E-state index < -0.39 is 0 Å². The van der Waals surface area contributed by atoms with Crippen LogP contribution in [0.25, 0.3) is 0 Å². The van der Waals surface area contributed by atoms with Gasteiger partial charge in [0.25, 0.3) is 5.56 Å². The molecule has 0 radical (unpaired) electrons. The molecular formula is C14H13ClN2O2. The number of aryl methyl sites for hydroxylation is 1. The fraction of sp³-hybridized carbons (Fsp3) is 0.286. The number of halogens is 1. The third kappa shape index (κ3) is 2.36. The lowest BCUT2D eigenvalue weighted by Crippen LogP contribution is -2.29. The van der Waals surface area contributed by atoms with Gasteiger partial charge in [-0.3, -0.25) is 4.79 Å². The highest BCUT2D eigenvalue weighted by atomic mass is 35.5. The second kappa shape index (κ2) is 4.70. The minimum absolute atomic E-state index is 0.00569. The maximum absolute atomic E-state index is 11.8. The SMILES string of the molecule is Cc1ccc2c(c1)CC(Cn1ccnc(Cl)c1=O)O2. The van der Waals surface area contributed by atoms with Crippen molar-refractivity contribution >= 4 is 11.6 Å². The normalized spacial score (nSPS) is 17.1. The Balaban J connectivity index is 1.81. The van der Waals surface area contributed by atoms with E-state index >= 15 is 0 Å². The van der Waals surface area contributed by atoms with Crippen molar-refractivity contribution in [3.8, 4) is 5.75 Å². The van der Waals surface area contributed by atoms with E-state index in [4.69, 9.17) is 16.3 Å². The fourth-order valence-corrected chi connectivity index (χ4v) is 2.50. The van der Waals surface area contributed by atoms with Crippen LogP contribution >= 0.6 is 11.6 Å². The molecule has 0 amide bonds. The molecule has 0 saturated carbocycles. The Kier molecular flexibility index (Phi) is 3.03. The van der Waals surface area contributed by atoms with Gasteiger partial charge in [-0.2, -0.15) is 0 Å². The van der Waals surface area contributed by atoms with Crippen LogP contribution in [-0.2, 0) is 13.0 Å². The smallest absolute Gasteiger partial charge is 0.288 e. The number of hydrogen-bond acceptors (Lipinski definition) is 3. The third-order valence-electron chi connectivity index (χ3n) is 3.23.